The normalized spacial score (nSPS) is 11.3. The highest BCUT2D eigenvalue weighted by Crippen LogP contribution is 2.17. The van der Waals surface area contributed by atoms with E-state index >= 15 is 0 Å². The fourth-order valence-corrected chi connectivity index (χ4v) is 4.18. The highest BCUT2D eigenvalue weighted by molar-refractivity contribution is 5.70. The monoisotopic (exact) mass is 434 g/mol. The molecule has 2 aromatic rings. The molecular formula is C30H46N2. The van der Waals surface area contributed by atoms with E-state index in [1.165, 1.54) is 107 Å². The number of pyridine rings is 1. The minimum atomic E-state index is 1.14. The summed E-state index contributed by atoms with van der Waals surface area (Å²) in [7, 11) is 2.21. The zero-order valence-electron chi connectivity index (χ0n) is 20.8. The van der Waals surface area contributed by atoms with Crippen LogP contribution in [0.3, 0.4) is 0 Å². The number of anilines is 1. The van der Waals surface area contributed by atoms with E-state index in [2.05, 4.69) is 60.3 Å². The zero-order valence-corrected chi connectivity index (χ0v) is 20.8. The molecule has 0 spiro atoms. The molecule has 0 aliphatic rings. The molecule has 0 amide bonds. The van der Waals surface area contributed by atoms with Crippen molar-refractivity contribution < 1.29 is 0 Å². The van der Waals surface area contributed by atoms with Crippen LogP contribution < -0.4 is 4.90 Å². The Bertz CT molecular complexity index is 705. The fourth-order valence-electron chi connectivity index (χ4n) is 4.18. The highest BCUT2D eigenvalue weighted by Gasteiger charge is 2.01. The Morgan fingerprint density at radius 3 is 1.53 bits per heavy atom. The number of nitrogens with zero attached hydrogens (tertiary/aromatic N) is 2. The van der Waals surface area contributed by atoms with Crippen molar-refractivity contribution in [3.05, 3.63) is 59.9 Å². The van der Waals surface area contributed by atoms with E-state index in [9.17, 15) is 0 Å². The summed E-state index contributed by atoms with van der Waals surface area (Å²) < 4.78 is 0. The lowest BCUT2D eigenvalue weighted by Gasteiger charge is -2.19. The molecule has 2 heteroatoms. The first kappa shape index (κ1) is 26.2. The van der Waals surface area contributed by atoms with Crippen LogP contribution in [-0.4, -0.2) is 18.6 Å². The predicted octanol–water partition coefficient (Wildman–Crippen LogP) is 9.17. The topological polar surface area (TPSA) is 16.1 Å². The van der Waals surface area contributed by atoms with E-state index in [0.29, 0.717) is 0 Å². The number of rotatable bonds is 18. The van der Waals surface area contributed by atoms with E-state index in [1.54, 1.807) is 0 Å². The van der Waals surface area contributed by atoms with Crippen molar-refractivity contribution in [1.82, 2.24) is 4.98 Å². The Balaban J connectivity index is 1.47. The van der Waals surface area contributed by atoms with Gasteiger partial charge < -0.3 is 4.90 Å². The molecule has 2 rings (SSSR count). The molecule has 176 valence electrons. The second-order valence-electron chi connectivity index (χ2n) is 9.22. The lowest BCUT2D eigenvalue weighted by Crippen LogP contribution is -2.18. The number of benzene rings is 1. The van der Waals surface area contributed by atoms with Crippen molar-refractivity contribution in [2.75, 3.05) is 18.5 Å². The molecule has 0 bridgehead atoms. The third-order valence-electron chi connectivity index (χ3n) is 6.36. The number of unbranched alkanes of at least 4 members (excludes halogenated alkanes) is 13. The van der Waals surface area contributed by atoms with Crippen LogP contribution in [0.25, 0.3) is 12.2 Å². The molecule has 0 aliphatic carbocycles. The Morgan fingerprint density at radius 2 is 1.03 bits per heavy atom. The summed E-state index contributed by atoms with van der Waals surface area (Å²) in [5, 5.41) is 0. The summed E-state index contributed by atoms with van der Waals surface area (Å²) in [4.78, 5) is 6.45. The third kappa shape index (κ3) is 12.1. The van der Waals surface area contributed by atoms with Crippen molar-refractivity contribution in [1.29, 1.82) is 0 Å². The standard InChI is InChI=1S/C30H46N2/c1-3-4-5-6-7-8-9-10-11-12-13-14-15-16-27-32(2)30-21-19-28(20-22-30)17-18-29-23-25-31-26-24-29/h17-26H,3-16,27H2,1-2H3. The van der Waals surface area contributed by atoms with Crippen molar-refractivity contribution in [2.24, 2.45) is 0 Å². The summed E-state index contributed by atoms with van der Waals surface area (Å²) in [6, 6.07) is 12.9. The lowest BCUT2D eigenvalue weighted by molar-refractivity contribution is 0.535. The lowest BCUT2D eigenvalue weighted by atomic mass is 10.0. The molecule has 0 aliphatic heterocycles. The molecule has 0 unspecified atom stereocenters. The van der Waals surface area contributed by atoms with Crippen LogP contribution in [0.1, 0.15) is 108 Å². The van der Waals surface area contributed by atoms with Gasteiger partial charge in [-0.25, -0.2) is 0 Å². The predicted molar refractivity (Wildman–Crippen MR) is 143 cm³/mol. The maximum absolute atomic E-state index is 4.06. The van der Waals surface area contributed by atoms with Crippen LogP contribution in [0.5, 0.6) is 0 Å². The largest absolute Gasteiger partial charge is 0.375 e. The Labute approximate surface area is 198 Å². The van der Waals surface area contributed by atoms with Gasteiger partial charge in [-0.05, 0) is 41.8 Å². The van der Waals surface area contributed by atoms with Crippen LogP contribution in [-0.2, 0) is 0 Å². The van der Waals surface area contributed by atoms with Crippen LogP contribution in [0.4, 0.5) is 5.69 Å². The summed E-state index contributed by atoms with van der Waals surface area (Å²) in [6.07, 6.45) is 27.8. The Hall–Kier alpha value is -2.09. The average molecular weight is 435 g/mol. The molecule has 2 nitrogen and oxygen atoms in total. The van der Waals surface area contributed by atoms with E-state index in [1.807, 2.05) is 24.5 Å². The second-order valence-corrected chi connectivity index (χ2v) is 9.22. The van der Waals surface area contributed by atoms with Gasteiger partial charge in [-0.2, -0.15) is 0 Å². The van der Waals surface area contributed by atoms with Crippen LogP contribution in [0.2, 0.25) is 0 Å². The summed E-state index contributed by atoms with van der Waals surface area (Å²) >= 11 is 0. The van der Waals surface area contributed by atoms with Crippen molar-refractivity contribution >= 4 is 17.8 Å². The highest BCUT2D eigenvalue weighted by atomic mass is 15.1. The van der Waals surface area contributed by atoms with Gasteiger partial charge >= 0.3 is 0 Å². The average Bonchev–Trinajstić information content (AvgIpc) is 2.84. The van der Waals surface area contributed by atoms with Gasteiger partial charge in [-0.15, -0.1) is 0 Å². The van der Waals surface area contributed by atoms with Gasteiger partial charge in [0.05, 0.1) is 0 Å². The molecule has 0 fully saturated rings. The molecule has 0 atom stereocenters. The van der Waals surface area contributed by atoms with Crippen LogP contribution in [0, 0.1) is 0 Å². The van der Waals surface area contributed by atoms with Crippen molar-refractivity contribution in [3.63, 3.8) is 0 Å². The minimum absolute atomic E-state index is 1.14. The quantitative estimate of drug-likeness (QED) is 0.217. The van der Waals surface area contributed by atoms with Gasteiger partial charge in [-0.3, -0.25) is 4.98 Å². The maximum atomic E-state index is 4.06. The maximum Gasteiger partial charge on any atom is 0.0364 e. The van der Waals surface area contributed by atoms with Gasteiger partial charge in [0.1, 0.15) is 0 Å². The first-order chi connectivity index (χ1) is 15.8. The third-order valence-corrected chi connectivity index (χ3v) is 6.36. The molecule has 0 saturated carbocycles. The van der Waals surface area contributed by atoms with Crippen molar-refractivity contribution in [3.8, 4) is 0 Å². The van der Waals surface area contributed by atoms with E-state index in [4.69, 9.17) is 0 Å². The number of hydrogen-bond acceptors (Lipinski definition) is 2. The van der Waals surface area contributed by atoms with E-state index in [0.717, 1.165) is 6.54 Å². The van der Waals surface area contributed by atoms with E-state index in [-0.39, 0.29) is 0 Å². The first-order valence-corrected chi connectivity index (χ1v) is 13.2. The SMILES string of the molecule is CCCCCCCCCCCCCCCCN(C)c1ccc(C=Cc2ccncc2)cc1. The van der Waals surface area contributed by atoms with Crippen molar-refractivity contribution in [2.45, 2.75) is 96.8 Å². The fraction of sp³-hybridized carbons (Fsp3) is 0.567. The van der Waals surface area contributed by atoms with Gasteiger partial charge in [-0.1, -0.05) is 115 Å². The van der Waals surface area contributed by atoms with Crippen LogP contribution >= 0.6 is 0 Å². The molecule has 0 saturated heterocycles. The minimum Gasteiger partial charge on any atom is -0.375 e. The van der Waals surface area contributed by atoms with Gasteiger partial charge in [0.15, 0.2) is 0 Å². The molecule has 1 heterocycles. The number of hydrogen-bond donors (Lipinski definition) is 0. The molecule has 1 aromatic carbocycles. The Morgan fingerprint density at radius 1 is 0.594 bits per heavy atom. The second kappa shape index (κ2) is 17.5. The summed E-state index contributed by atoms with van der Waals surface area (Å²) in [6.45, 7) is 3.44. The van der Waals surface area contributed by atoms with Gasteiger partial charge in [0, 0.05) is 31.7 Å². The first-order valence-electron chi connectivity index (χ1n) is 13.2. The Kier molecular flexibility index (Phi) is 14.3. The van der Waals surface area contributed by atoms with Gasteiger partial charge in [0.2, 0.25) is 0 Å². The van der Waals surface area contributed by atoms with E-state index < -0.39 is 0 Å². The number of aromatic nitrogens is 1. The molecule has 0 radical (unpaired) electrons. The summed E-state index contributed by atoms with van der Waals surface area (Å²) in [5.41, 5.74) is 3.72. The zero-order chi connectivity index (χ0) is 22.7. The molecule has 0 N–H and O–H groups in total. The smallest absolute Gasteiger partial charge is 0.0364 e. The molecule has 32 heavy (non-hydrogen) atoms. The van der Waals surface area contributed by atoms with Gasteiger partial charge in [0.25, 0.3) is 0 Å². The molecular weight excluding hydrogens is 388 g/mol. The summed E-state index contributed by atoms with van der Waals surface area (Å²) in [5.74, 6) is 0. The molecule has 1 aromatic heterocycles. The van der Waals surface area contributed by atoms with Crippen LogP contribution in [0.15, 0.2) is 48.8 Å².